The fourth-order valence-electron chi connectivity index (χ4n) is 2.94. The van der Waals surface area contributed by atoms with Gasteiger partial charge in [0.1, 0.15) is 23.5 Å². The summed E-state index contributed by atoms with van der Waals surface area (Å²) in [5.74, 6) is -0.607. The monoisotopic (exact) mass is 375 g/mol. The molecule has 0 amide bonds. The van der Waals surface area contributed by atoms with Gasteiger partial charge in [0, 0.05) is 13.5 Å². The smallest absolute Gasteiger partial charge is 0.323 e. The van der Waals surface area contributed by atoms with Crippen LogP contribution in [0.25, 0.3) is 11.0 Å². The van der Waals surface area contributed by atoms with Gasteiger partial charge in [0.25, 0.3) is 0 Å². The molecular formula is C20H29N3O4. The van der Waals surface area contributed by atoms with Crippen molar-refractivity contribution in [2.45, 2.75) is 64.6 Å². The predicted octanol–water partition coefficient (Wildman–Crippen LogP) is 2.67. The van der Waals surface area contributed by atoms with Gasteiger partial charge in [-0.1, -0.05) is 19.1 Å². The van der Waals surface area contributed by atoms with Crippen LogP contribution in [-0.4, -0.2) is 44.3 Å². The van der Waals surface area contributed by atoms with Gasteiger partial charge in [0.2, 0.25) is 0 Å². The quantitative estimate of drug-likeness (QED) is 0.689. The van der Waals surface area contributed by atoms with E-state index in [4.69, 9.17) is 4.74 Å². The Labute approximate surface area is 159 Å². The molecule has 27 heavy (non-hydrogen) atoms. The number of ether oxygens (including phenoxy) is 1. The van der Waals surface area contributed by atoms with E-state index in [2.05, 4.69) is 10.3 Å². The molecule has 2 aromatic rings. The van der Waals surface area contributed by atoms with E-state index in [-0.39, 0.29) is 0 Å². The Hall–Kier alpha value is -2.41. The van der Waals surface area contributed by atoms with Crippen molar-refractivity contribution in [2.24, 2.45) is 7.05 Å². The van der Waals surface area contributed by atoms with E-state index >= 15 is 0 Å². The molecule has 7 heteroatoms. The van der Waals surface area contributed by atoms with E-state index in [0.717, 1.165) is 16.9 Å². The van der Waals surface area contributed by atoms with Crippen molar-refractivity contribution in [1.29, 1.82) is 0 Å². The third kappa shape index (κ3) is 5.53. The average Bonchev–Trinajstić information content (AvgIpc) is 2.89. The molecule has 0 aliphatic heterocycles. The van der Waals surface area contributed by atoms with Crippen molar-refractivity contribution in [1.82, 2.24) is 14.9 Å². The zero-order valence-electron chi connectivity index (χ0n) is 16.7. The van der Waals surface area contributed by atoms with Crippen LogP contribution in [0, 0.1) is 0 Å². The summed E-state index contributed by atoms with van der Waals surface area (Å²) in [6.07, 6.45) is 1.26. The highest BCUT2D eigenvalue weighted by molar-refractivity contribution is 5.79. The van der Waals surface area contributed by atoms with Gasteiger partial charge in [0.15, 0.2) is 0 Å². The number of imidazole rings is 1. The number of para-hydroxylation sites is 2. The normalized spacial score (nSPS) is 14.1. The van der Waals surface area contributed by atoms with Crippen LogP contribution in [0.2, 0.25) is 0 Å². The number of rotatable bonds is 8. The minimum Gasteiger partial charge on any atom is -0.480 e. The maximum atomic E-state index is 12.3. The van der Waals surface area contributed by atoms with E-state index < -0.39 is 29.6 Å². The number of nitrogens with zero attached hydrogens (tertiary/aromatic N) is 2. The number of hydrogen-bond donors (Lipinski definition) is 2. The third-order valence-electron chi connectivity index (χ3n) is 4.34. The Kier molecular flexibility index (Phi) is 6.59. The van der Waals surface area contributed by atoms with Crippen LogP contribution in [0.1, 0.15) is 46.4 Å². The summed E-state index contributed by atoms with van der Waals surface area (Å²) in [4.78, 5) is 28.6. The predicted molar refractivity (Wildman–Crippen MR) is 104 cm³/mol. The molecule has 1 aromatic heterocycles. The molecule has 0 aliphatic carbocycles. The van der Waals surface area contributed by atoms with Gasteiger partial charge < -0.3 is 14.4 Å². The van der Waals surface area contributed by atoms with Crippen molar-refractivity contribution in [3.8, 4) is 0 Å². The van der Waals surface area contributed by atoms with E-state index in [0.29, 0.717) is 19.3 Å². The van der Waals surface area contributed by atoms with Gasteiger partial charge in [-0.3, -0.25) is 14.9 Å². The van der Waals surface area contributed by atoms with E-state index in [1.807, 2.05) is 42.8 Å². The summed E-state index contributed by atoms with van der Waals surface area (Å²) in [5, 5.41) is 12.5. The number of carbonyl (C=O) groups excluding carboxylic acids is 1. The highest BCUT2D eigenvalue weighted by Gasteiger charge is 2.28. The summed E-state index contributed by atoms with van der Waals surface area (Å²) in [6, 6.07) is 6.26. The Morgan fingerprint density at radius 3 is 2.48 bits per heavy atom. The van der Waals surface area contributed by atoms with Crippen LogP contribution in [-0.2, 0) is 27.8 Å². The highest BCUT2D eigenvalue weighted by atomic mass is 16.6. The number of benzene rings is 1. The molecule has 0 bridgehead atoms. The molecule has 0 saturated heterocycles. The molecule has 1 aromatic carbocycles. The molecule has 2 atom stereocenters. The molecule has 1 unspecified atom stereocenters. The van der Waals surface area contributed by atoms with Gasteiger partial charge >= 0.3 is 11.9 Å². The molecular weight excluding hydrogens is 346 g/mol. The number of fused-ring (bicyclic) bond motifs is 1. The van der Waals surface area contributed by atoms with Gasteiger partial charge in [-0.05, 0) is 45.7 Å². The first kappa shape index (κ1) is 20.9. The van der Waals surface area contributed by atoms with Crippen molar-refractivity contribution < 1.29 is 19.4 Å². The Morgan fingerprint density at radius 1 is 1.26 bits per heavy atom. The second-order valence-electron chi connectivity index (χ2n) is 7.67. The molecule has 0 saturated carbocycles. The maximum absolute atomic E-state index is 12.3. The SMILES string of the molecule is CCC(N[C@@H](CCc1nc2ccccc2n1C)C(=O)O)C(=O)OC(C)(C)C. The molecule has 148 valence electrons. The molecule has 0 fully saturated rings. The summed E-state index contributed by atoms with van der Waals surface area (Å²) in [6.45, 7) is 7.19. The molecule has 0 aliphatic rings. The van der Waals surface area contributed by atoms with Crippen molar-refractivity contribution in [2.75, 3.05) is 0 Å². The Balaban J connectivity index is 2.07. The average molecular weight is 375 g/mol. The number of carbonyl (C=O) groups is 2. The first-order chi connectivity index (χ1) is 12.6. The van der Waals surface area contributed by atoms with Crippen molar-refractivity contribution in [3.63, 3.8) is 0 Å². The fourth-order valence-corrected chi connectivity index (χ4v) is 2.94. The topological polar surface area (TPSA) is 93.5 Å². The number of carboxylic acid groups (broad SMARTS) is 1. The van der Waals surface area contributed by atoms with Gasteiger partial charge in [-0.15, -0.1) is 0 Å². The minimum absolute atomic E-state index is 0.325. The summed E-state index contributed by atoms with van der Waals surface area (Å²) in [5.41, 5.74) is 1.28. The number of esters is 1. The molecule has 1 heterocycles. The van der Waals surface area contributed by atoms with Crippen LogP contribution < -0.4 is 5.32 Å². The lowest BCUT2D eigenvalue weighted by molar-refractivity contribution is -0.158. The van der Waals surface area contributed by atoms with Crippen LogP contribution in [0.3, 0.4) is 0 Å². The van der Waals surface area contributed by atoms with Crippen molar-refractivity contribution >= 4 is 23.0 Å². The van der Waals surface area contributed by atoms with Crippen LogP contribution in [0.15, 0.2) is 24.3 Å². The zero-order chi connectivity index (χ0) is 20.2. The second-order valence-corrected chi connectivity index (χ2v) is 7.67. The lowest BCUT2D eigenvalue weighted by Crippen LogP contribution is -2.49. The van der Waals surface area contributed by atoms with Crippen LogP contribution in [0.5, 0.6) is 0 Å². The minimum atomic E-state index is -0.990. The largest absolute Gasteiger partial charge is 0.480 e. The van der Waals surface area contributed by atoms with Crippen LogP contribution in [0.4, 0.5) is 0 Å². The highest BCUT2D eigenvalue weighted by Crippen LogP contribution is 2.16. The van der Waals surface area contributed by atoms with Gasteiger partial charge in [-0.25, -0.2) is 4.98 Å². The summed E-state index contributed by atoms with van der Waals surface area (Å²) >= 11 is 0. The van der Waals surface area contributed by atoms with E-state index in [9.17, 15) is 14.7 Å². The second kappa shape index (κ2) is 8.52. The van der Waals surface area contributed by atoms with Gasteiger partial charge in [-0.2, -0.15) is 0 Å². The first-order valence-electron chi connectivity index (χ1n) is 9.24. The summed E-state index contributed by atoms with van der Waals surface area (Å²) in [7, 11) is 1.92. The maximum Gasteiger partial charge on any atom is 0.323 e. The molecule has 2 N–H and O–H groups in total. The molecule has 7 nitrogen and oxygen atoms in total. The zero-order valence-corrected chi connectivity index (χ0v) is 16.7. The number of aliphatic carboxylic acids is 1. The number of aryl methyl sites for hydroxylation is 2. The lowest BCUT2D eigenvalue weighted by Gasteiger charge is -2.26. The lowest BCUT2D eigenvalue weighted by atomic mass is 10.1. The number of hydrogen-bond acceptors (Lipinski definition) is 5. The molecule has 2 rings (SSSR count). The van der Waals surface area contributed by atoms with E-state index in [1.165, 1.54) is 0 Å². The molecule has 0 radical (unpaired) electrons. The third-order valence-corrected chi connectivity index (χ3v) is 4.34. The summed E-state index contributed by atoms with van der Waals surface area (Å²) < 4.78 is 7.35. The number of carboxylic acids is 1. The van der Waals surface area contributed by atoms with Gasteiger partial charge in [0.05, 0.1) is 11.0 Å². The first-order valence-corrected chi connectivity index (χ1v) is 9.24. The van der Waals surface area contributed by atoms with E-state index in [1.54, 1.807) is 20.8 Å². The Bertz CT molecular complexity index is 807. The van der Waals surface area contributed by atoms with Crippen LogP contribution >= 0.6 is 0 Å². The van der Waals surface area contributed by atoms with Crippen molar-refractivity contribution in [3.05, 3.63) is 30.1 Å². The molecule has 0 spiro atoms. The number of nitrogens with one attached hydrogen (secondary N) is 1. The standard InChI is InChI=1S/C20H29N3O4/c1-6-13(19(26)27-20(2,3)4)21-15(18(24)25)11-12-17-22-14-9-7-8-10-16(14)23(17)5/h7-10,13,15,21H,6,11-12H2,1-5H3,(H,24,25)/t13?,15-/m0/s1. The number of aromatic nitrogens is 2. The Morgan fingerprint density at radius 2 is 1.93 bits per heavy atom. The fraction of sp³-hybridized carbons (Fsp3) is 0.550.